The van der Waals surface area contributed by atoms with Crippen LogP contribution >= 0.6 is 15.9 Å². The molecule has 0 bridgehead atoms. The Labute approximate surface area is 123 Å². The van der Waals surface area contributed by atoms with Crippen LogP contribution < -0.4 is 4.72 Å². The summed E-state index contributed by atoms with van der Waals surface area (Å²) in [6.45, 7) is 4.25. The van der Waals surface area contributed by atoms with Crippen molar-refractivity contribution >= 4 is 26.0 Å². The number of hydrogen-bond acceptors (Lipinski definition) is 3. The molecule has 1 aromatic rings. The molecule has 0 spiro atoms. The number of nitrogens with zero attached hydrogens (tertiary/aromatic N) is 1. The maximum atomic E-state index is 12.4. The fraction of sp³-hybridized carbons (Fsp3) is 0.615. The first-order valence-electron chi connectivity index (χ1n) is 6.44. The van der Waals surface area contributed by atoms with Gasteiger partial charge in [-0.2, -0.15) is 0 Å². The number of pyridine rings is 1. The quantitative estimate of drug-likeness (QED) is 0.914. The minimum absolute atomic E-state index is 0.00472. The van der Waals surface area contributed by atoms with E-state index in [2.05, 4.69) is 39.5 Å². The Bertz CT molecular complexity index is 558. The van der Waals surface area contributed by atoms with Crippen molar-refractivity contribution in [1.82, 2.24) is 9.71 Å². The molecule has 1 unspecified atom stereocenters. The summed E-state index contributed by atoms with van der Waals surface area (Å²) < 4.78 is 28.2. The van der Waals surface area contributed by atoms with E-state index in [4.69, 9.17) is 0 Å². The molecule has 4 nitrogen and oxygen atoms in total. The van der Waals surface area contributed by atoms with E-state index >= 15 is 0 Å². The summed E-state index contributed by atoms with van der Waals surface area (Å²) in [5.41, 5.74) is 0.00472. The Morgan fingerprint density at radius 1 is 1.37 bits per heavy atom. The van der Waals surface area contributed by atoms with Crippen LogP contribution in [-0.4, -0.2) is 19.4 Å². The fourth-order valence-electron chi connectivity index (χ4n) is 2.51. The highest BCUT2D eigenvalue weighted by atomic mass is 79.9. The number of rotatable bonds is 3. The smallest absolute Gasteiger partial charge is 0.242 e. The van der Waals surface area contributed by atoms with E-state index in [9.17, 15) is 8.42 Å². The standard InChI is InChI=1S/C13H19BrN2O2S/c1-13(2)6-4-3-5-12(13)16-19(17,18)11-7-10(14)8-15-9-11/h7-9,12,16H,3-6H2,1-2H3. The molecule has 0 aliphatic heterocycles. The van der Waals surface area contributed by atoms with Crippen LogP contribution in [0.25, 0.3) is 0 Å². The van der Waals surface area contributed by atoms with E-state index in [1.165, 1.54) is 12.6 Å². The third kappa shape index (κ3) is 3.55. The highest BCUT2D eigenvalue weighted by molar-refractivity contribution is 9.10. The minimum Gasteiger partial charge on any atom is -0.262 e. The Morgan fingerprint density at radius 2 is 2.11 bits per heavy atom. The van der Waals surface area contributed by atoms with Crippen molar-refractivity contribution in [2.24, 2.45) is 5.41 Å². The lowest BCUT2D eigenvalue weighted by Gasteiger charge is -2.38. The summed E-state index contributed by atoms with van der Waals surface area (Å²) >= 11 is 3.25. The monoisotopic (exact) mass is 346 g/mol. The van der Waals surface area contributed by atoms with Gasteiger partial charge in [0.1, 0.15) is 4.90 Å². The van der Waals surface area contributed by atoms with Crippen LogP contribution in [0.1, 0.15) is 39.5 Å². The van der Waals surface area contributed by atoms with Crippen LogP contribution in [-0.2, 0) is 10.0 Å². The molecule has 1 fully saturated rings. The first-order valence-corrected chi connectivity index (χ1v) is 8.72. The molecule has 0 radical (unpaired) electrons. The molecule has 6 heteroatoms. The molecule has 106 valence electrons. The summed E-state index contributed by atoms with van der Waals surface area (Å²) in [4.78, 5) is 4.13. The summed E-state index contributed by atoms with van der Waals surface area (Å²) in [6.07, 6.45) is 7.15. The average molecular weight is 347 g/mol. The van der Waals surface area contributed by atoms with Crippen molar-refractivity contribution in [2.45, 2.75) is 50.5 Å². The van der Waals surface area contributed by atoms with Gasteiger partial charge in [-0.15, -0.1) is 0 Å². The predicted octanol–water partition coefficient (Wildman–Crippen LogP) is 3.09. The van der Waals surface area contributed by atoms with Crippen LogP contribution in [0, 0.1) is 5.41 Å². The molecule has 1 aliphatic rings. The molecule has 0 saturated heterocycles. The lowest BCUT2D eigenvalue weighted by Crippen LogP contribution is -2.46. The zero-order valence-corrected chi connectivity index (χ0v) is 13.6. The minimum atomic E-state index is -3.50. The SMILES string of the molecule is CC1(C)CCCCC1NS(=O)(=O)c1cncc(Br)c1. The van der Waals surface area contributed by atoms with Gasteiger partial charge in [-0.1, -0.05) is 26.7 Å². The average Bonchev–Trinajstić information content (AvgIpc) is 2.32. The predicted molar refractivity (Wildman–Crippen MR) is 78.3 cm³/mol. The maximum absolute atomic E-state index is 12.4. The molecular formula is C13H19BrN2O2S. The van der Waals surface area contributed by atoms with E-state index in [0.717, 1.165) is 19.3 Å². The molecular weight excluding hydrogens is 328 g/mol. The van der Waals surface area contributed by atoms with E-state index in [1.807, 2.05) is 0 Å². The Morgan fingerprint density at radius 3 is 2.74 bits per heavy atom. The van der Waals surface area contributed by atoms with Crippen LogP contribution in [0.3, 0.4) is 0 Å². The molecule has 2 rings (SSSR count). The second-order valence-corrected chi connectivity index (χ2v) is 8.38. The van der Waals surface area contributed by atoms with E-state index in [1.54, 1.807) is 12.3 Å². The first kappa shape index (κ1) is 14.9. The highest BCUT2D eigenvalue weighted by Crippen LogP contribution is 2.36. The van der Waals surface area contributed by atoms with Crippen LogP contribution in [0.4, 0.5) is 0 Å². The summed E-state index contributed by atoms with van der Waals surface area (Å²) in [6, 6.07) is 1.57. The van der Waals surface area contributed by atoms with Crippen molar-refractivity contribution in [3.8, 4) is 0 Å². The molecule has 0 amide bonds. The van der Waals surface area contributed by atoms with Crippen molar-refractivity contribution in [1.29, 1.82) is 0 Å². The van der Waals surface area contributed by atoms with Gasteiger partial charge in [0.05, 0.1) is 0 Å². The topological polar surface area (TPSA) is 59.1 Å². The molecule has 0 aromatic carbocycles. The Hall–Kier alpha value is -0.460. The molecule has 1 atom stereocenters. The fourth-order valence-corrected chi connectivity index (χ4v) is 4.45. The molecule has 1 aliphatic carbocycles. The van der Waals surface area contributed by atoms with Gasteiger partial charge in [0.25, 0.3) is 0 Å². The van der Waals surface area contributed by atoms with Gasteiger partial charge in [0, 0.05) is 22.9 Å². The van der Waals surface area contributed by atoms with Gasteiger partial charge in [-0.3, -0.25) is 4.98 Å². The second kappa shape index (κ2) is 5.50. The lowest BCUT2D eigenvalue weighted by molar-refractivity contribution is 0.188. The molecule has 1 N–H and O–H groups in total. The normalized spacial score (nSPS) is 23.2. The van der Waals surface area contributed by atoms with Crippen molar-refractivity contribution in [2.75, 3.05) is 0 Å². The van der Waals surface area contributed by atoms with Gasteiger partial charge in [0.15, 0.2) is 0 Å². The number of hydrogen-bond donors (Lipinski definition) is 1. The lowest BCUT2D eigenvalue weighted by atomic mass is 9.74. The highest BCUT2D eigenvalue weighted by Gasteiger charge is 2.35. The van der Waals surface area contributed by atoms with E-state index in [-0.39, 0.29) is 16.4 Å². The zero-order chi connectivity index (χ0) is 14.1. The zero-order valence-electron chi connectivity index (χ0n) is 11.2. The largest absolute Gasteiger partial charge is 0.262 e. The van der Waals surface area contributed by atoms with Gasteiger partial charge >= 0.3 is 0 Å². The van der Waals surface area contributed by atoms with Crippen molar-refractivity contribution in [3.05, 3.63) is 22.9 Å². The Kier molecular flexibility index (Phi) is 4.32. The van der Waals surface area contributed by atoms with Gasteiger partial charge in [-0.05, 0) is 40.3 Å². The number of aromatic nitrogens is 1. The Balaban J connectivity index is 2.22. The summed E-state index contributed by atoms with van der Waals surface area (Å²) in [7, 11) is -3.50. The van der Waals surface area contributed by atoms with E-state index in [0.29, 0.717) is 4.47 Å². The molecule has 1 aromatic heterocycles. The molecule has 1 saturated carbocycles. The second-order valence-electron chi connectivity index (χ2n) is 5.75. The third-order valence-corrected chi connectivity index (χ3v) is 5.67. The van der Waals surface area contributed by atoms with Crippen LogP contribution in [0.5, 0.6) is 0 Å². The maximum Gasteiger partial charge on any atom is 0.242 e. The molecule has 1 heterocycles. The van der Waals surface area contributed by atoms with Crippen LogP contribution in [0.15, 0.2) is 27.8 Å². The van der Waals surface area contributed by atoms with Gasteiger partial charge in [-0.25, -0.2) is 13.1 Å². The first-order chi connectivity index (χ1) is 8.81. The number of sulfonamides is 1. The summed E-state index contributed by atoms with van der Waals surface area (Å²) in [5, 5.41) is 0. The van der Waals surface area contributed by atoms with Crippen molar-refractivity contribution in [3.63, 3.8) is 0 Å². The van der Waals surface area contributed by atoms with Gasteiger partial charge in [0.2, 0.25) is 10.0 Å². The summed E-state index contributed by atoms with van der Waals surface area (Å²) in [5.74, 6) is 0. The number of nitrogens with one attached hydrogen (secondary N) is 1. The number of halogens is 1. The van der Waals surface area contributed by atoms with E-state index < -0.39 is 10.0 Å². The molecule has 19 heavy (non-hydrogen) atoms. The third-order valence-electron chi connectivity index (χ3n) is 3.79. The van der Waals surface area contributed by atoms with Gasteiger partial charge < -0.3 is 0 Å². The van der Waals surface area contributed by atoms with Crippen LogP contribution in [0.2, 0.25) is 0 Å². The van der Waals surface area contributed by atoms with Crippen molar-refractivity contribution < 1.29 is 8.42 Å².